The number of rotatable bonds is 6. The number of hydrogen-bond donors (Lipinski definition) is 0. The molecule has 0 spiro atoms. The molecule has 0 aromatic heterocycles. The fraction of sp³-hybridized carbons (Fsp3) is 0.500. The van der Waals surface area contributed by atoms with Crippen LogP contribution in [0.2, 0.25) is 0 Å². The highest BCUT2D eigenvalue weighted by Gasteiger charge is 2.22. The van der Waals surface area contributed by atoms with Crippen molar-refractivity contribution in [2.45, 2.75) is 38.2 Å². The Balaban J connectivity index is 1.81. The van der Waals surface area contributed by atoms with Gasteiger partial charge >= 0.3 is 12.1 Å². The number of carbonyl (C=O) groups excluding carboxylic acids is 2. The molecule has 0 atom stereocenters. The van der Waals surface area contributed by atoms with Gasteiger partial charge in [0, 0.05) is 0 Å². The van der Waals surface area contributed by atoms with Crippen molar-refractivity contribution in [1.82, 2.24) is 0 Å². The van der Waals surface area contributed by atoms with Crippen LogP contribution < -0.4 is 9.47 Å². The highest BCUT2D eigenvalue weighted by molar-refractivity contribution is 5.93. The minimum absolute atomic E-state index is 0.0566. The molecule has 8 heteroatoms. The van der Waals surface area contributed by atoms with Gasteiger partial charge in [-0.05, 0) is 37.8 Å². The first kappa shape index (κ1) is 17.9. The molecule has 0 amide bonds. The molecule has 0 aliphatic heterocycles. The Morgan fingerprint density at radius 2 is 1.75 bits per heavy atom. The predicted molar refractivity (Wildman–Crippen MR) is 80.5 cm³/mol. The molecule has 0 bridgehead atoms. The van der Waals surface area contributed by atoms with Crippen LogP contribution in [0.3, 0.4) is 0 Å². The Kier molecular flexibility index (Phi) is 6.68. The first-order valence-electron chi connectivity index (χ1n) is 7.62. The maximum atomic E-state index is 11.9. The van der Waals surface area contributed by atoms with E-state index in [1.807, 2.05) is 0 Å². The zero-order chi connectivity index (χ0) is 17.4. The summed E-state index contributed by atoms with van der Waals surface area (Å²) in [4.78, 5) is 32.1. The quantitative estimate of drug-likeness (QED) is 0.443. The first-order valence-corrected chi connectivity index (χ1v) is 7.62. The molecule has 1 aromatic rings. The number of benzene rings is 1. The highest BCUT2D eigenvalue weighted by Crippen LogP contribution is 2.31. The number of methoxy groups -OCH3 is 2. The van der Waals surface area contributed by atoms with Gasteiger partial charge in [-0.25, -0.2) is 14.5 Å². The fourth-order valence-corrected chi connectivity index (χ4v) is 2.51. The Morgan fingerprint density at radius 1 is 1.00 bits per heavy atom. The van der Waals surface area contributed by atoms with E-state index < -0.39 is 12.1 Å². The van der Waals surface area contributed by atoms with Crippen LogP contribution in [-0.4, -0.2) is 32.4 Å². The molecule has 0 heterocycles. The van der Waals surface area contributed by atoms with Crippen LogP contribution in [-0.2, 0) is 19.6 Å². The van der Waals surface area contributed by atoms with Crippen LogP contribution in [0, 0.1) is 0 Å². The zero-order valence-corrected chi connectivity index (χ0v) is 13.6. The van der Waals surface area contributed by atoms with Gasteiger partial charge in [0.25, 0.3) is 0 Å². The van der Waals surface area contributed by atoms with Crippen LogP contribution in [0.25, 0.3) is 0 Å². The lowest BCUT2D eigenvalue weighted by Crippen LogP contribution is -2.22. The third kappa shape index (κ3) is 4.76. The predicted octanol–water partition coefficient (Wildman–Crippen LogP) is 3.19. The average Bonchev–Trinajstić information content (AvgIpc) is 2.61. The van der Waals surface area contributed by atoms with Crippen molar-refractivity contribution in [2.75, 3.05) is 14.2 Å². The van der Waals surface area contributed by atoms with Crippen molar-refractivity contribution in [3.8, 4) is 11.5 Å². The largest absolute Gasteiger partial charge is 0.543 e. The third-order valence-corrected chi connectivity index (χ3v) is 3.65. The molecule has 0 N–H and O–H groups in total. The molecular weight excluding hydrogens is 320 g/mol. The van der Waals surface area contributed by atoms with Crippen molar-refractivity contribution in [2.24, 2.45) is 0 Å². The Labute approximate surface area is 139 Å². The molecule has 8 nitrogen and oxygen atoms in total. The van der Waals surface area contributed by atoms with Gasteiger partial charge in [0.05, 0.1) is 19.3 Å². The van der Waals surface area contributed by atoms with Crippen LogP contribution >= 0.6 is 0 Å². The molecule has 0 unspecified atom stereocenters. The summed E-state index contributed by atoms with van der Waals surface area (Å²) in [5.74, 6) is -0.376. The van der Waals surface area contributed by atoms with Crippen molar-refractivity contribution in [1.29, 1.82) is 0 Å². The van der Waals surface area contributed by atoms with Gasteiger partial charge in [-0.15, -0.1) is 0 Å². The molecule has 1 aliphatic carbocycles. The lowest BCUT2D eigenvalue weighted by atomic mass is 9.98. The SMILES string of the molecule is COc1cccc(C(=O)OOOC(=O)OC2CCCCC2)c1OC. The van der Waals surface area contributed by atoms with Crippen molar-refractivity contribution >= 4 is 12.1 Å². The molecule has 1 fully saturated rings. The van der Waals surface area contributed by atoms with Gasteiger partial charge in [-0.1, -0.05) is 12.5 Å². The molecule has 0 radical (unpaired) electrons. The Bertz CT molecular complexity index is 565. The van der Waals surface area contributed by atoms with Crippen molar-refractivity contribution < 1.29 is 38.6 Å². The second kappa shape index (κ2) is 8.97. The second-order valence-corrected chi connectivity index (χ2v) is 5.19. The number of para-hydroxylation sites is 1. The molecule has 1 aliphatic rings. The van der Waals surface area contributed by atoms with E-state index in [1.165, 1.54) is 20.3 Å². The lowest BCUT2D eigenvalue weighted by molar-refractivity contribution is -0.453. The summed E-state index contributed by atoms with van der Waals surface area (Å²) in [6.45, 7) is 0. The maximum Gasteiger partial charge on any atom is 0.543 e. The van der Waals surface area contributed by atoms with Crippen LogP contribution in [0.5, 0.6) is 11.5 Å². The zero-order valence-electron chi connectivity index (χ0n) is 13.6. The van der Waals surface area contributed by atoms with E-state index >= 15 is 0 Å². The topological polar surface area (TPSA) is 89.5 Å². The number of carbonyl (C=O) groups is 2. The minimum Gasteiger partial charge on any atom is -0.493 e. The fourth-order valence-electron chi connectivity index (χ4n) is 2.51. The minimum atomic E-state index is -1.05. The molecule has 1 saturated carbocycles. The molecule has 132 valence electrons. The Morgan fingerprint density at radius 3 is 2.42 bits per heavy atom. The van der Waals surface area contributed by atoms with Gasteiger partial charge in [-0.2, -0.15) is 0 Å². The smallest absolute Gasteiger partial charge is 0.493 e. The summed E-state index contributed by atoms with van der Waals surface area (Å²) in [6.07, 6.45) is 3.47. The summed E-state index contributed by atoms with van der Waals surface area (Å²) >= 11 is 0. The molecular formula is C16H20O8. The van der Waals surface area contributed by atoms with E-state index in [2.05, 4.69) is 14.8 Å². The van der Waals surface area contributed by atoms with Gasteiger partial charge in [0.15, 0.2) is 11.5 Å². The molecule has 0 saturated heterocycles. The van der Waals surface area contributed by atoms with Crippen LogP contribution in [0.15, 0.2) is 18.2 Å². The second-order valence-electron chi connectivity index (χ2n) is 5.19. The summed E-state index contributed by atoms with van der Waals surface area (Å²) in [5, 5.41) is 4.21. The lowest BCUT2D eigenvalue weighted by Gasteiger charge is -2.20. The number of hydrogen-bond acceptors (Lipinski definition) is 8. The highest BCUT2D eigenvalue weighted by atomic mass is 17.5. The summed E-state index contributed by atoms with van der Waals surface area (Å²) in [6, 6.07) is 4.65. The van der Waals surface area contributed by atoms with E-state index in [-0.39, 0.29) is 17.4 Å². The van der Waals surface area contributed by atoms with Crippen molar-refractivity contribution in [3.63, 3.8) is 0 Å². The van der Waals surface area contributed by atoms with Gasteiger partial charge < -0.3 is 14.2 Å². The summed E-state index contributed by atoms with van der Waals surface area (Å²) in [5.41, 5.74) is 0.0566. The average molecular weight is 340 g/mol. The van der Waals surface area contributed by atoms with Gasteiger partial charge in [0.1, 0.15) is 11.7 Å². The van der Waals surface area contributed by atoms with Crippen molar-refractivity contribution in [3.05, 3.63) is 23.8 Å². The van der Waals surface area contributed by atoms with Crippen LogP contribution in [0.1, 0.15) is 42.5 Å². The van der Waals surface area contributed by atoms with E-state index in [9.17, 15) is 9.59 Å². The molecule has 1 aromatic carbocycles. The van der Waals surface area contributed by atoms with E-state index in [1.54, 1.807) is 12.1 Å². The number of ether oxygens (including phenoxy) is 3. The maximum absolute atomic E-state index is 11.9. The Hall–Kier alpha value is -2.48. The summed E-state index contributed by atoms with van der Waals surface area (Å²) in [7, 11) is 2.82. The molecule has 24 heavy (non-hydrogen) atoms. The first-order chi connectivity index (χ1) is 11.7. The van der Waals surface area contributed by atoms with E-state index in [4.69, 9.17) is 14.2 Å². The monoisotopic (exact) mass is 340 g/mol. The van der Waals surface area contributed by atoms with Crippen LogP contribution in [0.4, 0.5) is 4.79 Å². The summed E-state index contributed by atoms with van der Waals surface area (Å²) < 4.78 is 15.2. The van der Waals surface area contributed by atoms with E-state index in [0.29, 0.717) is 5.75 Å². The molecule has 2 rings (SSSR count). The van der Waals surface area contributed by atoms with Gasteiger partial charge in [0.2, 0.25) is 0 Å². The van der Waals surface area contributed by atoms with Gasteiger partial charge in [-0.3, -0.25) is 4.89 Å². The normalized spacial score (nSPS) is 14.6. The standard InChI is InChI=1S/C16H20O8/c1-19-13-10-6-9-12(14(13)20-2)15(17)22-24-23-16(18)21-11-7-4-3-5-8-11/h6,9-11H,3-5,7-8H2,1-2H3. The van der Waals surface area contributed by atoms with E-state index in [0.717, 1.165) is 32.1 Å². The third-order valence-electron chi connectivity index (χ3n) is 3.65.